The highest BCUT2D eigenvalue weighted by Gasteiger charge is 2.64. The minimum atomic E-state index is -0.683. The van der Waals surface area contributed by atoms with Crippen LogP contribution < -0.4 is 5.43 Å². The zero-order chi connectivity index (χ0) is 24.0. The van der Waals surface area contributed by atoms with Gasteiger partial charge in [0, 0.05) is 24.4 Å². The van der Waals surface area contributed by atoms with Gasteiger partial charge in [-0.15, -0.1) is 0 Å². The predicted molar refractivity (Wildman–Crippen MR) is 122 cm³/mol. The number of hydrogen-bond donors (Lipinski definition) is 3. The van der Waals surface area contributed by atoms with Crippen molar-refractivity contribution in [3.05, 3.63) is 23.8 Å². The lowest BCUT2D eigenvalue weighted by atomic mass is 9.46. The van der Waals surface area contributed by atoms with E-state index in [0.717, 1.165) is 19.3 Å². The number of hydrazone groups is 1. The van der Waals surface area contributed by atoms with Gasteiger partial charge in [-0.2, -0.15) is 5.10 Å². The number of rotatable bonds is 5. The summed E-state index contributed by atoms with van der Waals surface area (Å²) in [6.07, 6.45) is 8.14. The molecule has 0 spiro atoms. The van der Waals surface area contributed by atoms with E-state index in [4.69, 9.17) is 9.47 Å². The van der Waals surface area contributed by atoms with Crippen molar-refractivity contribution in [2.45, 2.75) is 52.6 Å². The first-order valence-electron chi connectivity index (χ1n) is 11.9. The second kappa shape index (κ2) is 8.96. The first kappa shape index (κ1) is 24.1. The number of hydrogen-bond acceptors (Lipinski definition) is 7. The Kier molecular flexibility index (Phi) is 6.55. The van der Waals surface area contributed by atoms with Gasteiger partial charge in [-0.25, -0.2) is 10.2 Å². The van der Waals surface area contributed by atoms with Gasteiger partial charge in [-0.1, -0.05) is 32.4 Å². The number of nitrogens with zero attached hydrogens (tertiary/aromatic N) is 1. The van der Waals surface area contributed by atoms with Crippen LogP contribution in [0.3, 0.4) is 0 Å². The second-order valence-electron chi connectivity index (χ2n) is 10.7. The van der Waals surface area contributed by atoms with Gasteiger partial charge >= 0.3 is 6.09 Å². The second-order valence-corrected chi connectivity index (χ2v) is 10.7. The Morgan fingerprint density at radius 1 is 1.33 bits per heavy atom. The number of aliphatic hydroxyl groups excluding tert-OH is 2. The van der Waals surface area contributed by atoms with E-state index in [1.807, 2.05) is 12.2 Å². The third kappa shape index (κ3) is 3.96. The molecular formula is C25H36N2O6. The molecule has 0 aromatic rings. The first-order valence-corrected chi connectivity index (χ1v) is 11.9. The van der Waals surface area contributed by atoms with Gasteiger partial charge in [0.1, 0.15) is 6.61 Å². The molecule has 182 valence electrons. The molecule has 0 saturated heterocycles. The molecule has 1 amide bonds. The number of carbonyl (C=O) groups excluding carboxylic acids is 2. The van der Waals surface area contributed by atoms with Crippen molar-refractivity contribution >= 4 is 17.6 Å². The number of ether oxygens (including phenoxy) is 2. The molecule has 0 aromatic carbocycles. The fraction of sp³-hybridized carbons (Fsp3) is 0.720. The number of fused-ring (bicyclic) bond motifs is 5. The number of amides is 1. The molecule has 0 radical (unpaired) electrons. The predicted octanol–water partition coefficient (Wildman–Crippen LogP) is 2.81. The van der Waals surface area contributed by atoms with Gasteiger partial charge in [-0.05, 0) is 61.0 Å². The fourth-order valence-electron chi connectivity index (χ4n) is 7.81. The summed E-state index contributed by atoms with van der Waals surface area (Å²) in [6, 6.07) is 0. The lowest BCUT2D eigenvalue weighted by Gasteiger charge is -2.58. The molecule has 8 heteroatoms. The maximum Gasteiger partial charge on any atom is 0.429 e. The molecule has 3 fully saturated rings. The normalized spacial score (nSPS) is 42.7. The number of Topliss-reactive ketones (excluding diaryl/α,β-unsaturated/α-hetero) is 1. The zero-order valence-corrected chi connectivity index (χ0v) is 19.9. The summed E-state index contributed by atoms with van der Waals surface area (Å²) in [5.41, 5.74) is 3.62. The van der Waals surface area contributed by atoms with E-state index in [-0.39, 0.29) is 41.2 Å². The van der Waals surface area contributed by atoms with Crippen LogP contribution in [0.4, 0.5) is 4.79 Å². The molecule has 0 heterocycles. The van der Waals surface area contributed by atoms with E-state index in [0.29, 0.717) is 24.0 Å². The summed E-state index contributed by atoms with van der Waals surface area (Å²) >= 11 is 0. The Hall–Kier alpha value is -2.03. The van der Waals surface area contributed by atoms with Gasteiger partial charge < -0.3 is 19.7 Å². The third-order valence-corrected chi connectivity index (χ3v) is 8.93. The van der Waals surface area contributed by atoms with Crippen molar-refractivity contribution in [1.82, 2.24) is 5.43 Å². The van der Waals surface area contributed by atoms with Crippen LogP contribution in [0, 0.1) is 40.4 Å². The maximum atomic E-state index is 12.6. The Morgan fingerprint density at radius 2 is 2.09 bits per heavy atom. The molecule has 0 aliphatic heterocycles. The number of aliphatic hydroxyl groups is 2. The van der Waals surface area contributed by atoms with Crippen LogP contribution in [0.15, 0.2) is 28.9 Å². The van der Waals surface area contributed by atoms with Gasteiger partial charge in [0.05, 0.1) is 11.8 Å². The minimum absolute atomic E-state index is 0.0585. The average molecular weight is 461 g/mol. The van der Waals surface area contributed by atoms with E-state index >= 15 is 0 Å². The number of allylic oxidation sites excluding steroid dienone is 4. The highest BCUT2D eigenvalue weighted by Crippen LogP contribution is 2.67. The number of carbonyl (C=O) groups is 2. The van der Waals surface area contributed by atoms with Crippen LogP contribution in [0.2, 0.25) is 0 Å². The van der Waals surface area contributed by atoms with E-state index in [9.17, 15) is 19.8 Å². The van der Waals surface area contributed by atoms with Crippen molar-refractivity contribution in [3.63, 3.8) is 0 Å². The Morgan fingerprint density at radius 3 is 2.79 bits per heavy atom. The van der Waals surface area contributed by atoms with Crippen LogP contribution in [-0.2, 0) is 14.3 Å². The number of ketones is 1. The van der Waals surface area contributed by atoms with Gasteiger partial charge in [0.2, 0.25) is 0 Å². The maximum absolute atomic E-state index is 12.6. The number of nitrogens with one attached hydrogen (secondary N) is 1. The van der Waals surface area contributed by atoms with Crippen LogP contribution in [0.1, 0.15) is 46.5 Å². The van der Waals surface area contributed by atoms with Gasteiger partial charge in [0.25, 0.3) is 0 Å². The Labute approximate surface area is 195 Å². The van der Waals surface area contributed by atoms with Gasteiger partial charge in [0.15, 0.2) is 12.6 Å². The number of methoxy groups -OCH3 is 1. The largest absolute Gasteiger partial charge is 0.429 e. The summed E-state index contributed by atoms with van der Waals surface area (Å²) in [5.74, 6) is 0.641. The van der Waals surface area contributed by atoms with Crippen molar-refractivity contribution < 1.29 is 29.3 Å². The van der Waals surface area contributed by atoms with Crippen LogP contribution >= 0.6 is 0 Å². The summed E-state index contributed by atoms with van der Waals surface area (Å²) < 4.78 is 9.49. The minimum Gasteiger partial charge on any atom is -0.421 e. The van der Waals surface area contributed by atoms with Crippen LogP contribution in [-0.4, -0.2) is 54.4 Å². The highest BCUT2D eigenvalue weighted by molar-refractivity contribution is 6.06. The lowest BCUT2D eigenvalue weighted by Crippen LogP contribution is -2.56. The Balaban J connectivity index is 1.57. The van der Waals surface area contributed by atoms with Crippen molar-refractivity contribution in [1.29, 1.82) is 0 Å². The standard InChI is InChI=1S/C25H36N2O6/c1-14-9-18-17-6-5-15-10-16(26-27-23(31)33-13-32-4)7-8-24(15,2)22(17)19(29)11-25(18,3)21(14)20(30)12-28/h7-8,10,14,17-19,21-22,28-29H,5-6,9,11-13H2,1-4H3,(H,27,31)/b26-16+/t14-,17+,18?,19+,21-,22?,24+,25+/m1/s1. The summed E-state index contributed by atoms with van der Waals surface area (Å²) in [5, 5.41) is 25.2. The highest BCUT2D eigenvalue weighted by atomic mass is 16.7. The van der Waals surface area contributed by atoms with Crippen LogP contribution in [0.25, 0.3) is 0 Å². The molecule has 33 heavy (non-hydrogen) atoms. The summed E-state index contributed by atoms with van der Waals surface area (Å²) in [4.78, 5) is 24.3. The third-order valence-electron chi connectivity index (χ3n) is 8.93. The topological polar surface area (TPSA) is 117 Å². The molecular weight excluding hydrogens is 424 g/mol. The molecule has 4 aliphatic carbocycles. The van der Waals surface area contributed by atoms with Crippen molar-refractivity contribution in [2.24, 2.45) is 45.5 Å². The molecule has 3 N–H and O–H groups in total. The SMILES string of the molecule is COCOC(=O)N/N=C1\C=C[C@@]2(C)C(=C1)CC[C@@H]1C2[C@@H](O)C[C@@]2(C)C1C[C@@H](C)[C@@H]2C(=O)CO. The average Bonchev–Trinajstić information content (AvgIpc) is 3.04. The fourth-order valence-corrected chi connectivity index (χ4v) is 7.81. The summed E-state index contributed by atoms with van der Waals surface area (Å²) in [6.45, 7) is 5.89. The van der Waals surface area contributed by atoms with Crippen molar-refractivity contribution in [2.75, 3.05) is 20.5 Å². The quantitative estimate of drug-likeness (QED) is 0.429. The Bertz CT molecular complexity index is 897. The molecule has 8 atom stereocenters. The van der Waals surface area contributed by atoms with E-state index < -0.39 is 18.8 Å². The van der Waals surface area contributed by atoms with Gasteiger partial charge in [-0.3, -0.25) is 4.79 Å². The first-order chi connectivity index (χ1) is 15.7. The van der Waals surface area contributed by atoms with Crippen LogP contribution in [0.5, 0.6) is 0 Å². The molecule has 0 bridgehead atoms. The summed E-state index contributed by atoms with van der Waals surface area (Å²) in [7, 11) is 1.43. The smallest absolute Gasteiger partial charge is 0.421 e. The molecule has 4 rings (SSSR count). The van der Waals surface area contributed by atoms with E-state index in [1.54, 1.807) is 0 Å². The molecule has 2 unspecified atom stereocenters. The molecule has 3 saturated carbocycles. The lowest BCUT2D eigenvalue weighted by molar-refractivity contribution is -0.142. The molecule has 8 nitrogen and oxygen atoms in total. The van der Waals surface area contributed by atoms with E-state index in [1.165, 1.54) is 12.7 Å². The van der Waals surface area contributed by atoms with E-state index in [2.05, 4.69) is 37.4 Å². The monoisotopic (exact) mass is 460 g/mol. The van der Waals surface area contributed by atoms with Crippen molar-refractivity contribution in [3.8, 4) is 0 Å². The zero-order valence-electron chi connectivity index (χ0n) is 19.9. The molecule has 0 aromatic heterocycles. The molecule has 4 aliphatic rings.